The van der Waals surface area contributed by atoms with E-state index in [1.807, 2.05) is 0 Å². The topological polar surface area (TPSA) is 43.4 Å². The molecule has 3 nitrogen and oxygen atoms in total. The second-order valence-electron chi connectivity index (χ2n) is 0.231. The van der Waals surface area contributed by atoms with E-state index < -0.39 is 40.2 Å². The van der Waals surface area contributed by atoms with Crippen LogP contribution >= 0.6 is 0 Å². The van der Waals surface area contributed by atoms with Crippen molar-refractivity contribution >= 4 is 0 Å². The van der Waals surface area contributed by atoms with Gasteiger partial charge in [0.05, 0.1) is 0 Å². The van der Waals surface area contributed by atoms with Gasteiger partial charge in [0.15, 0.2) is 0 Å². The van der Waals surface area contributed by atoms with Crippen LogP contribution in [0.3, 0.4) is 0 Å². The second-order valence-corrected chi connectivity index (χ2v) is 6.69. The molecule has 0 saturated carbocycles. The summed E-state index contributed by atoms with van der Waals surface area (Å²) in [7, 11) is 0. The van der Waals surface area contributed by atoms with Crippen LogP contribution in [0.1, 0.15) is 0 Å². The molecule has 0 fully saturated rings. The average Bonchev–Trinajstić information content (AvgIpc) is 1.41. The molecule has 0 heterocycles. The Morgan fingerprint density at radius 2 is 1.60 bits per heavy atom. The Labute approximate surface area is 48.4 Å². The van der Waals surface area contributed by atoms with Crippen molar-refractivity contribution in [1.29, 1.82) is 0 Å². The molecule has 0 saturated heterocycles. The Morgan fingerprint density at radius 1 is 1.20 bits per heavy atom. The molecule has 0 bridgehead atoms. The number of rotatable bonds is 2. The molecule has 0 aromatic rings. The molecule has 0 rings (SSSR count). The fourth-order valence-corrected chi connectivity index (χ4v) is 0.912. The van der Waals surface area contributed by atoms with Gasteiger partial charge >= 0.3 is 48.5 Å². The summed E-state index contributed by atoms with van der Waals surface area (Å²) in [5, 5.41) is 0. The van der Waals surface area contributed by atoms with Crippen molar-refractivity contribution in [3.8, 4) is 0 Å². The van der Waals surface area contributed by atoms with E-state index >= 15 is 0 Å². The van der Waals surface area contributed by atoms with E-state index in [2.05, 4.69) is 1.75 Å². The van der Waals surface area contributed by atoms with Gasteiger partial charge in [-0.15, -0.1) is 0 Å². The zero-order valence-electron chi connectivity index (χ0n) is 2.12. The first-order valence-electron chi connectivity index (χ1n) is 0.730. The maximum absolute atomic E-state index is 9.33. The Bertz CT molecular complexity index is 34.2. The van der Waals surface area contributed by atoms with Gasteiger partial charge in [-0.05, 0) is 0 Å². The monoisotopic (exact) mass is 410 g/mol. The predicted molar refractivity (Wildman–Crippen MR) is 2.46 cm³/mol. The van der Waals surface area contributed by atoms with Gasteiger partial charge in [0, 0.05) is 0 Å². The van der Waals surface area contributed by atoms with E-state index in [-0.39, 0.29) is 0 Å². The fourth-order valence-electron chi connectivity index (χ4n) is 0.0136. The molecule has 0 aromatic carbocycles. The van der Waals surface area contributed by atoms with Crippen LogP contribution in [0.5, 0.6) is 0 Å². The van der Waals surface area contributed by atoms with E-state index in [0.29, 0.717) is 0 Å². The SMILES string of the molecule is [O]=[Ta][O][Ta]=[O]. The summed E-state index contributed by atoms with van der Waals surface area (Å²) >= 11 is -3.69. The van der Waals surface area contributed by atoms with Crippen molar-refractivity contribution in [2.75, 3.05) is 0 Å². The molecule has 0 unspecified atom stereocenters. The summed E-state index contributed by atoms with van der Waals surface area (Å²) < 4.78 is 22.8. The zero-order chi connectivity index (χ0) is 4.12. The second kappa shape index (κ2) is 5.04. The third kappa shape index (κ3) is 5.04. The van der Waals surface area contributed by atoms with Crippen LogP contribution in [0.2, 0.25) is 0 Å². The summed E-state index contributed by atoms with van der Waals surface area (Å²) in [5.41, 5.74) is 0. The molecular formula is O3Ta2. The van der Waals surface area contributed by atoms with Gasteiger partial charge in [-0.25, -0.2) is 0 Å². The molecule has 0 radical (unpaired) electrons. The minimum atomic E-state index is -1.85. The zero-order valence-corrected chi connectivity index (χ0v) is 8.55. The van der Waals surface area contributed by atoms with Gasteiger partial charge < -0.3 is 0 Å². The summed E-state index contributed by atoms with van der Waals surface area (Å²) in [5.74, 6) is 0. The van der Waals surface area contributed by atoms with Crippen molar-refractivity contribution in [3.05, 3.63) is 0 Å². The van der Waals surface area contributed by atoms with Crippen molar-refractivity contribution in [3.63, 3.8) is 0 Å². The van der Waals surface area contributed by atoms with Crippen LogP contribution < -0.4 is 0 Å². The van der Waals surface area contributed by atoms with Gasteiger partial charge in [0.25, 0.3) is 0 Å². The van der Waals surface area contributed by atoms with Crippen molar-refractivity contribution in [2.45, 2.75) is 0 Å². The third-order valence-electron chi connectivity index (χ3n) is 0.0667. The van der Waals surface area contributed by atoms with Gasteiger partial charge in [-0.3, -0.25) is 0 Å². The van der Waals surface area contributed by atoms with Gasteiger partial charge in [-0.1, -0.05) is 0 Å². The van der Waals surface area contributed by atoms with E-state index in [1.54, 1.807) is 0 Å². The number of hydrogen-bond acceptors (Lipinski definition) is 3. The average molecular weight is 410 g/mol. The first-order valence-corrected chi connectivity index (χ1v) is 5.98. The first-order chi connectivity index (χ1) is 2.41. The normalized spacial score (nSPS) is 6.40. The van der Waals surface area contributed by atoms with E-state index in [1.165, 1.54) is 0 Å². The molecule has 5 heavy (non-hydrogen) atoms. The van der Waals surface area contributed by atoms with Crippen LogP contribution in [-0.2, 0) is 48.5 Å². The fraction of sp³-hybridized carbons (Fsp3) is 0. The molecule has 28 valence electrons. The molecular weight excluding hydrogens is 410 g/mol. The molecule has 0 aliphatic carbocycles. The third-order valence-corrected chi connectivity index (χ3v) is 4.47. The van der Waals surface area contributed by atoms with Crippen molar-refractivity contribution in [2.24, 2.45) is 0 Å². The van der Waals surface area contributed by atoms with Gasteiger partial charge in [0.2, 0.25) is 0 Å². The molecule has 0 amide bonds. The first kappa shape index (κ1) is 6.04. The summed E-state index contributed by atoms with van der Waals surface area (Å²) in [4.78, 5) is 0. The van der Waals surface area contributed by atoms with Crippen LogP contribution in [0.4, 0.5) is 0 Å². The molecule has 0 spiro atoms. The molecule has 0 atom stereocenters. The van der Waals surface area contributed by atoms with E-state index in [9.17, 15) is 6.50 Å². The predicted octanol–water partition coefficient (Wildman–Crippen LogP) is -0.311. The van der Waals surface area contributed by atoms with Crippen LogP contribution in [0, 0.1) is 0 Å². The Hall–Kier alpha value is 1.04. The van der Waals surface area contributed by atoms with Gasteiger partial charge in [0.1, 0.15) is 0 Å². The molecule has 0 aromatic heterocycles. The molecule has 0 aliphatic heterocycles. The molecule has 0 N–H and O–H groups in total. The summed E-state index contributed by atoms with van der Waals surface area (Å²) in [6.45, 7) is 0. The Morgan fingerprint density at radius 3 is 1.60 bits per heavy atom. The van der Waals surface area contributed by atoms with E-state index in [0.717, 1.165) is 0 Å². The minimum absolute atomic E-state index is 1.85. The Kier molecular flexibility index (Phi) is 6.09. The molecule has 0 aliphatic rings. The van der Waals surface area contributed by atoms with Gasteiger partial charge in [-0.2, -0.15) is 0 Å². The van der Waals surface area contributed by atoms with Crippen molar-refractivity contribution in [1.82, 2.24) is 0 Å². The van der Waals surface area contributed by atoms with E-state index in [4.69, 9.17) is 0 Å². The summed E-state index contributed by atoms with van der Waals surface area (Å²) in [6, 6.07) is 0. The van der Waals surface area contributed by atoms with Crippen LogP contribution in [0.25, 0.3) is 0 Å². The van der Waals surface area contributed by atoms with Crippen molar-refractivity contribution < 1.29 is 48.5 Å². The summed E-state index contributed by atoms with van der Waals surface area (Å²) in [6.07, 6.45) is 0. The maximum atomic E-state index is 9.33. The standard InChI is InChI=1S/3O.2Ta. The Balaban J connectivity index is 2.65. The van der Waals surface area contributed by atoms with Crippen LogP contribution in [-0.4, -0.2) is 0 Å². The molecule has 5 heteroatoms. The quantitative estimate of drug-likeness (QED) is 0.628. The number of hydrogen-bond donors (Lipinski definition) is 0. The van der Waals surface area contributed by atoms with Crippen LogP contribution in [0.15, 0.2) is 0 Å².